The Bertz CT molecular complexity index is 528. The maximum Gasteiger partial charge on any atom is 0.269 e. The van der Waals surface area contributed by atoms with Crippen LogP contribution in [0.4, 0.5) is 0 Å². The minimum absolute atomic E-state index is 0.0382. The van der Waals surface area contributed by atoms with E-state index in [-0.39, 0.29) is 5.91 Å². The summed E-state index contributed by atoms with van der Waals surface area (Å²) in [6.45, 7) is 7.24. The average molecular weight is 316 g/mol. The highest BCUT2D eigenvalue weighted by atomic mass is 16.1. The van der Waals surface area contributed by atoms with Gasteiger partial charge in [-0.2, -0.15) is 0 Å². The molecule has 1 amide bonds. The second-order valence-electron chi connectivity index (χ2n) is 6.63. The van der Waals surface area contributed by atoms with Crippen LogP contribution < -0.4 is 10.6 Å². The first kappa shape index (κ1) is 16.4. The lowest BCUT2D eigenvalue weighted by atomic mass is 9.90. The predicted octanol–water partition coefficient (Wildman–Crippen LogP) is 1.76. The van der Waals surface area contributed by atoms with Crippen LogP contribution in [0.2, 0.25) is 0 Å². The first-order valence-electron chi connectivity index (χ1n) is 8.97. The zero-order valence-corrected chi connectivity index (χ0v) is 14.1. The fraction of sp³-hybridized carbons (Fsp3) is 0.667. The maximum absolute atomic E-state index is 12.4. The Labute approximate surface area is 138 Å². The molecule has 0 aromatic carbocycles. The van der Waals surface area contributed by atoms with Crippen LogP contribution in [0.1, 0.15) is 54.6 Å². The number of hydrogen-bond acceptors (Lipinski definition) is 4. The van der Waals surface area contributed by atoms with Gasteiger partial charge in [-0.1, -0.05) is 6.92 Å². The lowest BCUT2D eigenvalue weighted by molar-refractivity contribution is 0.0936. The van der Waals surface area contributed by atoms with Crippen molar-refractivity contribution in [3.63, 3.8) is 0 Å². The minimum atomic E-state index is -0.0382. The molecule has 5 heteroatoms. The van der Waals surface area contributed by atoms with Crippen molar-refractivity contribution in [1.29, 1.82) is 0 Å². The summed E-state index contributed by atoms with van der Waals surface area (Å²) in [7, 11) is 0. The quantitative estimate of drug-likeness (QED) is 0.869. The second kappa shape index (κ2) is 7.88. The Hall–Kier alpha value is -1.46. The molecule has 5 nitrogen and oxygen atoms in total. The molecule has 126 valence electrons. The smallest absolute Gasteiger partial charge is 0.269 e. The summed E-state index contributed by atoms with van der Waals surface area (Å²) in [6, 6.07) is 4.52. The van der Waals surface area contributed by atoms with Crippen molar-refractivity contribution in [2.45, 2.75) is 44.6 Å². The predicted molar refractivity (Wildman–Crippen MR) is 91.7 cm³/mol. The minimum Gasteiger partial charge on any atom is -0.349 e. The van der Waals surface area contributed by atoms with E-state index in [9.17, 15) is 4.79 Å². The van der Waals surface area contributed by atoms with Crippen molar-refractivity contribution in [2.24, 2.45) is 0 Å². The third kappa shape index (κ3) is 4.09. The normalized spacial score (nSPS) is 23.1. The van der Waals surface area contributed by atoms with Crippen molar-refractivity contribution in [3.05, 3.63) is 29.6 Å². The van der Waals surface area contributed by atoms with E-state index in [4.69, 9.17) is 0 Å². The van der Waals surface area contributed by atoms with Gasteiger partial charge in [-0.15, -0.1) is 0 Å². The Kier molecular flexibility index (Phi) is 5.62. The van der Waals surface area contributed by atoms with Crippen LogP contribution in [-0.2, 0) is 0 Å². The highest BCUT2D eigenvalue weighted by Crippen LogP contribution is 2.25. The lowest BCUT2D eigenvalue weighted by Crippen LogP contribution is -2.40. The molecular formula is C18H28N4O. The maximum atomic E-state index is 12.4. The van der Waals surface area contributed by atoms with Crippen molar-refractivity contribution in [1.82, 2.24) is 20.5 Å². The van der Waals surface area contributed by atoms with Gasteiger partial charge in [0.25, 0.3) is 5.91 Å². The number of likely N-dealkylation sites (N-methyl/N-ethyl adjacent to an activating group) is 1. The van der Waals surface area contributed by atoms with E-state index >= 15 is 0 Å². The molecular weight excluding hydrogens is 288 g/mol. The van der Waals surface area contributed by atoms with E-state index in [1.54, 1.807) is 6.20 Å². The molecule has 2 aliphatic rings. The zero-order valence-electron chi connectivity index (χ0n) is 14.1. The molecule has 2 saturated heterocycles. The Morgan fingerprint density at radius 2 is 2.22 bits per heavy atom. The van der Waals surface area contributed by atoms with Gasteiger partial charge in [0.05, 0.1) is 0 Å². The van der Waals surface area contributed by atoms with E-state index in [2.05, 4.69) is 33.5 Å². The number of nitrogens with zero attached hydrogens (tertiary/aromatic N) is 2. The lowest BCUT2D eigenvalue weighted by Gasteiger charge is -2.24. The van der Waals surface area contributed by atoms with E-state index in [0.717, 1.165) is 45.6 Å². The summed E-state index contributed by atoms with van der Waals surface area (Å²) in [5, 5.41) is 6.46. The van der Waals surface area contributed by atoms with E-state index in [1.165, 1.54) is 18.4 Å². The third-order valence-electron chi connectivity index (χ3n) is 5.23. The number of carbonyl (C=O) groups excluding carboxylic acids is 1. The molecule has 0 saturated carbocycles. The summed E-state index contributed by atoms with van der Waals surface area (Å²) < 4.78 is 0. The second-order valence-corrected chi connectivity index (χ2v) is 6.63. The van der Waals surface area contributed by atoms with Crippen LogP contribution in [0.15, 0.2) is 18.3 Å². The molecule has 1 aromatic heterocycles. The fourth-order valence-corrected chi connectivity index (χ4v) is 3.82. The molecule has 23 heavy (non-hydrogen) atoms. The Balaban J connectivity index is 1.58. The van der Waals surface area contributed by atoms with Gasteiger partial charge in [0, 0.05) is 18.8 Å². The first-order valence-corrected chi connectivity index (χ1v) is 8.97. The Morgan fingerprint density at radius 3 is 3.00 bits per heavy atom. The van der Waals surface area contributed by atoms with Crippen molar-refractivity contribution in [2.75, 3.05) is 32.7 Å². The SMILES string of the molecule is CCN1CCCC1CNC(=O)c1cc(C2CCNCC2)ccn1. The molecule has 0 bridgehead atoms. The molecule has 3 heterocycles. The van der Waals surface area contributed by atoms with Crippen LogP contribution in [-0.4, -0.2) is 54.6 Å². The number of aromatic nitrogens is 1. The van der Waals surface area contributed by atoms with Crippen LogP contribution in [0.3, 0.4) is 0 Å². The molecule has 1 unspecified atom stereocenters. The standard InChI is InChI=1S/C18H28N4O/c1-2-22-11-3-4-16(22)13-21-18(23)17-12-15(7-10-20-17)14-5-8-19-9-6-14/h7,10,12,14,16,19H,2-6,8-9,11,13H2,1H3,(H,21,23). The summed E-state index contributed by atoms with van der Waals surface area (Å²) in [4.78, 5) is 19.1. The zero-order chi connectivity index (χ0) is 16.1. The largest absolute Gasteiger partial charge is 0.349 e. The number of rotatable bonds is 5. The van der Waals surface area contributed by atoms with Crippen LogP contribution in [0.25, 0.3) is 0 Å². The topological polar surface area (TPSA) is 57.3 Å². The average Bonchev–Trinajstić information content (AvgIpc) is 3.08. The van der Waals surface area contributed by atoms with E-state index in [1.807, 2.05) is 6.07 Å². The summed E-state index contributed by atoms with van der Waals surface area (Å²) in [6.07, 6.45) is 6.46. The monoisotopic (exact) mass is 316 g/mol. The van der Waals surface area contributed by atoms with Gasteiger partial charge in [0.1, 0.15) is 5.69 Å². The van der Waals surface area contributed by atoms with Gasteiger partial charge in [-0.3, -0.25) is 14.7 Å². The van der Waals surface area contributed by atoms with E-state index in [0.29, 0.717) is 17.7 Å². The fourth-order valence-electron chi connectivity index (χ4n) is 3.82. The number of nitrogens with one attached hydrogen (secondary N) is 2. The molecule has 3 rings (SSSR count). The van der Waals surface area contributed by atoms with Crippen molar-refractivity contribution < 1.29 is 4.79 Å². The molecule has 2 aliphatic heterocycles. The molecule has 2 fully saturated rings. The van der Waals surface area contributed by atoms with Gasteiger partial charge in [-0.05, 0) is 75.5 Å². The number of pyridine rings is 1. The number of amides is 1. The number of hydrogen-bond donors (Lipinski definition) is 2. The highest BCUT2D eigenvalue weighted by molar-refractivity contribution is 5.92. The summed E-state index contributed by atoms with van der Waals surface area (Å²) in [5.74, 6) is 0.514. The number of likely N-dealkylation sites (tertiary alicyclic amines) is 1. The number of piperidine rings is 1. The van der Waals surface area contributed by atoms with Crippen LogP contribution >= 0.6 is 0 Å². The van der Waals surface area contributed by atoms with Gasteiger partial charge < -0.3 is 10.6 Å². The van der Waals surface area contributed by atoms with E-state index < -0.39 is 0 Å². The molecule has 2 N–H and O–H groups in total. The van der Waals surface area contributed by atoms with Crippen LogP contribution in [0.5, 0.6) is 0 Å². The molecule has 0 spiro atoms. The molecule has 1 atom stereocenters. The molecule has 0 aliphatic carbocycles. The van der Waals surface area contributed by atoms with Crippen molar-refractivity contribution in [3.8, 4) is 0 Å². The first-order chi connectivity index (χ1) is 11.3. The van der Waals surface area contributed by atoms with Gasteiger partial charge in [-0.25, -0.2) is 0 Å². The van der Waals surface area contributed by atoms with Gasteiger partial charge in [0.2, 0.25) is 0 Å². The highest BCUT2D eigenvalue weighted by Gasteiger charge is 2.24. The summed E-state index contributed by atoms with van der Waals surface area (Å²) in [5.41, 5.74) is 1.81. The number of carbonyl (C=O) groups is 1. The third-order valence-corrected chi connectivity index (χ3v) is 5.23. The summed E-state index contributed by atoms with van der Waals surface area (Å²) >= 11 is 0. The van der Waals surface area contributed by atoms with Gasteiger partial charge >= 0.3 is 0 Å². The van der Waals surface area contributed by atoms with Gasteiger partial charge in [0.15, 0.2) is 0 Å². The Morgan fingerprint density at radius 1 is 1.39 bits per heavy atom. The molecule has 1 aromatic rings. The van der Waals surface area contributed by atoms with Crippen molar-refractivity contribution >= 4 is 5.91 Å². The van der Waals surface area contributed by atoms with Crippen LogP contribution in [0, 0.1) is 0 Å². The molecule has 0 radical (unpaired) electrons.